The van der Waals surface area contributed by atoms with Gasteiger partial charge < -0.3 is 24.3 Å². The average molecular weight is 561 g/mol. The second kappa shape index (κ2) is 12.5. The fourth-order valence-electron chi connectivity index (χ4n) is 7.05. The molecule has 9 heteroatoms. The van der Waals surface area contributed by atoms with Crippen molar-refractivity contribution in [3.8, 4) is 22.6 Å². The number of pyridine rings is 2. The summed E-state index contributed by atoms with van der Waals surface area (Å²) < 4.78 is 13.5. The van der Waals surface area contributed by atoms with E-state index < -0.39 is 0 Å². The maximum atomic E-state index is 12.7. The van der Waals surface area contributed by atoms with Gasteiger partial charge >= 0.3 is 0 Å². The molecule has 0 radical (unpaired) electrons. The number of fused-ring (bicyclic) bond motifs is 1. The van der Waals surface area contributed by atoms with E-state index in [-0.39, 0.29) is 5.56 Å². The van der Waals surface area contributed by atoms with Crippen LogP contribution in [0.4, 0.5) is 0 Å². The van der Waals surface area contributed by atoms with E-state index in [0.29, 0.717) is 11.4 Å². The molecule has 1 N–H and O–H groups in total. The van der Waals surface area contributed by atoms with E-state index in [0.717, 1.165) is 72.2 Å². The first-order chi connectivity index (χ1) is 20.0. The highest BCUT2D eigenvalue weighted by Gasteiger charge is 2.29. The van der Waals surface area contributed by atoms with Gasteiger partial charge in [-0.3, -0.25) is 19.6 Å². The molecule has 0 amide bonds. The molecule has 3 aliphatic heterocycles. The zero-order valence-corrected chi connectivity index (χ0v) is 24.8. The van der Waals surface area contributed by atoms with E-state index >= 15 is 0 Å². The van der Waals surface area contributed by atoms with Gasteiger partial charge in [0.25, 0.3) is 5.56 Å². The smallest absolute Gasteiger partial charge is 0.259 e. The van der Waals surface area contributed by atoms with Crippen LogP contribution in [0.2, 0.25) is 0 Å². The summed E-state index contributed by atoms with van der Waals surface area (Å²) in [4.78, 5) is 24.8. The van der Waals surface area contributed by atoms with Crippen LogP contribution in [0.5, 0.6) is 11.5 Å². The number of nitrogens with zero attached hydrogens (tertiary/aromatic N) is 5. The summed E-state index contributed by atoms with van der Waals surface area (Å²) in [5, 5.41) is 4.98. The minimum Gasteiger partial charge on any atom is -0.496 e. The second-order valence-electron chi connectivity index (χ2n) is 11.9. The first kappa shape index (κ1) is 28.2. The number of hydrogen-bond acceptors (Lipinski definition) is 8. The number of benzene rings is 1. The molecule has 1 unspecified atom stereocenters. The highest BCUT2D eigenvalue weighted by atomic mass is 16.5. The van der Waals surface area contributed by atoms with Gasteiger partial charge in [0.1, 0.15) is 11.5 Å². The third kappa shape index (κ3) is 6.00. The summed E-state index contributed by atoms with van der Waals surface area (Å²) >= 11 is 0. The Balaban J connectivity index is 1.12. The normalized spacial score (nSPS) is 21.5. The highest BCUT2D eigenvalue weighted by Crippen LogP contribution is 2.38. The number of methoxy groups -OCH3 is 2. The van der Waals surface area contributed by atoms with Gasteiger partial charge in [0, 0.05) is 76.5 Å². The molecular formula is C32H44N6O3. The zero-order valence-electron chi connectivity index (χ0n) is 24.8. The van der Waals surface area contributed by atoms with Crippen molar-refractivity contribution in [1.82, 2.24) is 29.6 Å². The zero-order chi connectivity index (χ0) is 28.3. The van der Waals surface area contributed by atoms with Crippen LogP contribution in [0.15, 0.2) is 41.6 Å². The molecule has 1 aromatic carbocycles. The average Bonchev–Trinajstić information content (AvgIpc) is 3.53. The SMILES string of the molecule is COc1cc(-c2cn(C)c(=O)c3cnccc23)cc(OC)c1CN1CCN(C2CCN(CC3CCNC3)CC2)CC1. The van der Waals surface area contributed by atoms with Gasteiger partial charge in [-0.15, -0.1) is 0 Å². The lowest BCUT2D eigenvalue weighted by atomic mass is 9.98. The number of rotatable bonds is 8. The first-order valence-corrected chi connectivity index (χ1v) is 15.1. The Morgan fingerprint density at radius 1 is 0.951 bits per heavy atom. The summed E-state index contributed by atoms with van der Waals surface area (Å²) in [6.45, 7) is 11.2. The number of piperazine rings is 1. The molecule has 0 spiro atoms. The second-order valence-corrected chi connectivity index (χ2v) is 11.9. The van der Waals surface area contributed by atoms with Crippen molar-refractivity contribution in [3.05, 3.63) is 52.7 Å². The van der Waals surface area contributed by atoms with Crippen molar-refractivity contribution in [1.29, 1.82) is 0 Å². The first-order valence-electron chi connectivity index (χ1n) is 15.1. The van der Waals surface area contributed by atoms with E-state index in [9.17, 15) is 4.79 Å². The Labute approximate surface area is 243 Å². The van der Waals surface area contributed by atoms with Gasteiger partial charge in [-0.05, 0) is 80.5 Å². The van der Waals surface area contributed by atoms with E-state index in [1.807, 2.05) is 12.3 Å². The van der Waals surface area contributed by atoms with Crippen LogP contribution >= 0.6 is 0 Å². The number of nitrogens with one attached hydrogen (secondary N) is 1. The maximum absolute atomic E-state index is 12.7. The fraction of sp³-hybridized carbons (Fsp3) is 0.562. The Morgan fingerprint density at radius 2 is 1.68 bits per heavy atom. The molecule has 3 fully saturated rings. The van der Waals surface area contributed by atoms with Gasteiger partial charge in [0.2, 0.25) is 0 Å². The highest BCUT2D eigenvalue weighted by molar-refractivity contribution is 5.95. The number of piperidine rings is 1. The predicted molar refractivity (Wildman–Crippen MR) is 163 cm³/mol. The molecule has 0 saturated carbocycles. The van der Waals surface area contributed by atoms with E-state index in [2.05, 4.69) is 37.1 Å². The lowest BCUT2D eigenvalue weighted by Crippen LogP contribution is -2.53. The largest absolute Gasteiger partial charge is 0.496 e. The molecule has 6 rings (SSSR count). The Bertz CT molecular complexity index is 1380. The van der Waals surface area contributed by atoms with E-state index in [4.69, 9.17) is 9.47 Å². The van der Waals surface area contributed by atoms with Gasteiger partial charge in [0.15, 0.2) is 0 Å². The molecular weight excluding hydrogens is 516 g/mol. The molecule has 220 valence electrons. The van der Waals surface area contributed by atoms with Gasteiger partial charge in [-0.1, -0.05) is 0 Å². The number of hydrogen-bond donors (Lipinski definition) is 1. The van der Waals surface area contributed by atoms with E-state index in [1.54, 1.807) is 38.2 Å². The fourth-order valence-corrected chi connectivity index (χ4v) is 7.05. The molecule has 41 heavy (non-hydrogen) atoms. The third-order valence-corrected chi connectivity index (χ3v) is 9.44. The molecule has 3 aromatic rings. The summed E-state index contributed by atoms with van der Waals surface area (Å²) in [5.41, 5.74) is 2.92. The van der Waals surface area contributed by atoms with Crippen LogP contribution in [0.25, 0.3) is 21.9 Å². The number of aryl methyl sites for hydroxylation is 1. The molecule has 3 saturated heterocycles. The minimum absolute atomic E-state index is 0.0567. The Hall–Kier alpha value is -2.98. The van der Waals surface area contributed by atoms with Crippen LogP contribution in [0.1, 0.15) is 24.8 Å². The molecule has 3 aliphatic rings. The Morgan fingerprint density at radius 3 is 2.34 bits per heavy atom. The van der Waals surface area contributed by atoms with Gasteiger partial charge in [-0.25, -0.2) is 0 Å². The summed E-state index contributed by atoms with van der Waals surface area (Å²) in [6, 6.07) is 6.76. The minimum atomic E-state index is -0.0567. The lowest BCUT2D eigenvalue weighted by Gasteiger charge is -2.43. The molecule has 0 bridgehead atoms. The lowest BCUT2D eigenvalue weighted by molar-refractivity contribution is 0.0532. The number of likely N-dealkylation sites (tertiary alicyclic amines) is 1. The van der Waals surface area contributed by atoms with Crippen molar-refractivity contribution >= 4 is 10.8 Å². The van der Waals surface area contributed by atoms with Crippen molar-refractivity contribution < 1.29 is 9.47 Å². The summed E-state index contributed by atoms with van der Waals surface area (Å²) in [7, 11) is 5.22. The van der Waals surface area contributed by atoms with Crippen molar-refractivity contribution in [2.45, 2.75) is 31.8 Å². The van der Waals surface area contributed by atoms with Crippen LogP contribution in [-0.2, 0) is 13.6 Å². The molecule has 5 heterocycles. The van der Waals surface area contributed by atoms with Crippen LogP contribution in [0.3, 0.4) is 0 Å². The topological polar surface area (TPSA) is 75.1 Å². The van der Waals surface area contributed by atoms with Gasteiger partial charge in [-0.2, -0.15) is 0 Å². The number of ether oxygens (including phenoxy) is 2. The number of aromatic nitrogens is 2. The van der Waals surface area contributed by atoms with Crippen LogP contribution < -0.4 is 20.3 Å². The maximum Gasteiger partial charge on any atom is 0.259 e. The molecule has 0 aliphatic carbocycles. The van der Waals surface area contributed by atoms with Crippen molar-refractivity contribution in [2.75, 3.05) is 73.1 Å². The third-order valence-electron chi connectivity index (χ3n) is 9.44. The van der Waals surface area contributed by atoms with Gasteiger partial charge in [0.05, 0.1) is 25.2 Å². The van der Waals surface area contributed by atoms with Crippen molar-refractivity contribution in [3.63, 3.8) is 0 Å². The summed E-state index contributed by atoms with van der Waals surface area (Å²) in [5.74, 6) is 2.46. The molecule has 2 aromatic heterocycles. The molecule has 9 nitrogen and oxygen atoms in total. The van der Waals surface area contributed by atoms with Crippen LogP contribution in [0, 0.1) is 5.92 Å². The molecule has 1 atom stereocenters. The standard InChI is InChI=1S/C32H44N6O3/c1-35-21-28(26-5-9-34-19-27(26)32(35)39)24-16-30(40-2)29(31(17-24)41-3)22-37-12-14-38(15-13-37)25-6-10-36(11-7-25)20-23-4-8-33-18-23/h5,9,16-17,19,21,23,25,33H,4,6-8,10-15,18,20,22H2,1-3H3. The van der Waals surface area contributed by atoms with E-state index in [1.165, 1.54) is 52.0 Å². The quantitative estimate of drug-likeness (QED) is 0.451. The monoisotopic (exact) mass is 560 g/mol. The predicted octanol–water partition coefficient (Wildman–Crippen LogP) is 2.81. The van der Waals surface area contributed by atoms with Crippen LogP contribution in [-0.4, -0.2) is 103 Å². The van der Waals surface area contributed by atoms with Crippen molar-refractivity contribution in [2.24, 2.45) is 13.0 Å². The Kier molecular flexibility index (Phi) is 8.57. The summed E-state index contributed by atoms with van der Waals surface area (Å²) in [6.07, 6.45) is 9.17.